The zero-order valence-electron chi connectivity index (χ0n) is 13.6. The molecule has 0 bridgehead atoms. The topological polar surface area (TPSA) is 47.3 Å². The molecule has 21 heavy (non-hydrogen) atoms. The summed E-state index contributed by atoms with van der Waals surface area (Å²) in [4.78, 5) is 16.5. The fourth-order valence-corrected chi connectivity index (χ4v) is 3.55. The van der Waals surface area contributed by atoms with E-state index in [9.17, 15) is 10.1 Å². The molecule has 1 amide bonds. The Balaban J connectivity index is 1.72. The van der Waals surface area contributed by atoms with Gasteiger partial charge in [0.2, 0.25) is 5.91 Å². The zero-order chi connectivity index (χ0) is 15.3. The summed E-state index contributed by atoms with van der Waals surface area (Å²) in [6.07, 6.45) is 8.49. The van der Waals surface area contributed by atoms with E-state index in [0.29, 0.717) is 12.3 Å². The smallest absolute Gasteiger partial charge is 0.222 e. The molecule has 0 unspecified atom stereocenters. The number of carbonyl (C=O) groups excluding carboxylic acids is 1. The molecule has 0 radical (unpaired) electrons. The number of piperazine rings is 1. The standard InChI is InChI=1S/C17H29N3O/c1-17(2,14-18)20-12-10-19(11-13-20)16(21)9-8-15-6-4-3-5-7-15/h15H,3-13H2,1-2H3. The van der Waals surface area contributed by atoms with E-state index in [4.69, 9.17) is 0 Å². The summed E-state index contributed by atoms with van der Waals surface area (Å²) in [7, 11) is 0. The predicted octanol–water partition coefficient (Wildman–Crippen LogP) is 2.79. The highest BCUT2D eigenvalue weighted by Gasteiger charge is 2.31. The molecule has 0 aromatic heterocycles. The second-order valence-corrected chi connectivity index (χ2v) is 7.08. The van der Waals surface area contributed by atoms with E-state index in [0.717, 1.165) is 38.5 Å². The van der Waals surface area contributed by atoms with Crippen LogP contribution < -0.4 is 0 Å². The number of carbonyl (C=O) groups is 1. The fraction of sp³-hybridized carbons (Fsp3) is 0.882. The Bertz CT molecular complexity index is 385. The first-order valence-corrected chi connectivity index (χ1v) is 8.47. The van der Waals surface area contributed by atoms with Gasteiger partial charge in [0.1, 0.15) is 5.54 Å². The maximum atomic E-state index is 12.3. The van der Waals surface area contributed by atoms with Crippen LogP contribution in [0.2, 0.25) is 0 Å². The molecule has 0 N–H and O–H groups in total. The predicted molar refractivity (Wildman–Crippen MR) is 83.7 cm³/mol. The van der Waals surface area contributed by atoms with Crippen LogP contribution in [0.5, 0.6) is 0 Å². The summed E-state index contributed by atoms with van der Waals surface area (Å²) in [5, 5.41) is 9.18. The second-order valence-electron chi connectivity index (χ2n) is 7.08. The van der Waals surface area contributed by atoms with Gasteiger partial charge in [0.15, 0.2) is 0 Å². The van der Waals surface area contributed by atoms with Gasteiger partial charge in [-0.3, -0.25) is 9.69 Å². The van der Waals surface area contributed by atoms with E-state index in [1.807, 2.05) is 18.7 Å². The molecule has 0 spiro atoms. The van der Waals surface area contributed by atoms with Crippen LogP contribution in [0.4, 0.5) is 0 Å². The SMILES string of the molecule is CC(C)(C#N)N1CCN(C(=O)CCC2CCCCC2)CC1. The van der Waals surface area contributed by atoms with E-state index in [-0.39, 0.29) is 0 Å². The molecule has 1 saturated carbocycles. The summed E-state index contributed by atoms with van der Waals surface area (Å²) in [5.41, 5.74) is -0.419. The number of hydrogen-bond donors (Lipinski definition) is 0. The van der Waals surface area contributed by atoms with Crippen LogP contribution in [0.3, 0.4) is 0 Å². The van der Waals surface area contributed by atoms with Crippen molar-refractivity contribution >= 4 is 5.91 Å². The zero-order valence-corrected chi connectivity index (χ0v) is 13.6. The highest BCUT2D eigenvalue weighted by molar-refractivity contribution is 5.76. The first kappa shape index (κ1) is 16.3. The molecule has 118 valence electrons. The monoisotopic (exact) mass is 291 g/mol. The number of hydrogen-bond acceptors (Lipinski definition) is 3. The van der Waals surface area contributed by atoms with Crippen molar-refractivity contribution in [3.05, 3.63) is 0 Å². The van der Waals surface area contributed by atoms with E-state index in [1.54, 1.807) is 0 Å². The third kappa shape index (κ3) is 4.44. The van der Waals surface area contributed by atoms with Gasteiger partial charge in [-0.05, 0) is 26.2 Å². The molecule has 2 rings (SSSR count). The third-order valence-electron chi connectivity index (χ3n) is 5.19. The van der Waals surface area contributed by atoms with Gasteiger partial charge in [-0.2, -0.15) is 5.26 Å². The average Bonchev–Trinajstić information content (AvgIpc) is 2.53. The van der Waals surface area contributed by atoms with Crippen molar-refractivity contribution in [2.75, 3.05) is 26.2 Å². The summed E-state index contributed by atoms with van der Waals surface area (Å²) >= 11 is 0. The Morgan fingerprint density at radius 2 is 1.76 bits per heavy atom. The minimum absolute atomic E-state index is 0.315. The first-order chi connectivity index (χ1) is 10.0. The number of nitrogens with zero attached hydrogens (tertiary/aromatic N) is 3. The molecular weight excluding hydrogens is 262 g/mol. The summed E-state index contributed by atoms with van der Waals surface area (Å²) in [5.74, 6) is 1.09. The lowest BCUT2D eigenvalue weighted by Crippen LogP contribution is -2.55. The van der Waals surface area contributed by atoms with Gasteiger partial charge in [0.05, 0.1) is 6.07 Å². The van der Waals surface area contributed by atoms with E-state index in [2.05, 4.69) is 11.0 Å². The minimum Gasteiger partial charge on any atom is -0.340 e. The van der Waals surface area contributed by atoms with E-state index < -0.39 is 5.54 Å². The molecule has 0 aromatic carbocycles. The quantitative estimate of drug-likeness (QED) is 0.800. The lowest BCUT2D eigenvalue weighted by Gasteiger charge is -2.40. The Hall–Kier alpha value is -1.08. The molecule has 1 aliphatic heterocycles. The van der Waals surface area contributed by atoms with E-state index in [1.165, 1.54) is 32.1 Å². The second kappa shape index (κ2) is 7.26. The van der Waals surface area contributed by atoms with Crippen LogP contribution in [0.15, 0.2) is 0 Å². The third-order valence-corrected chi connectivity index (χ3v) is 5.19. The molecule has 2 fully saturated rings. The molecule has 0 aromatic rings. The van der Waals surface area contributed by atoms with E-state index >= 15 is 0 Å². The molecule has 0 atom stereocenters. The van der Waals surface area contributed by atoms with Crippen LogP contribution >= 0.6 is 0 Å². The van der Waals surface area contributed by atoms with Crippen molar-refractivity contribution in [1.82, 2.24) is 9.80 Å². The molecule has 4 nitrogen and oxygen atoms in total. The normalized spacial score (nSPS) is 22.0. The van der Waals surface area contributed by atoms with Crippen molar-refractivity contribution in [1.29, 1.82) is 5.26 Å². The lowest BCUT2D eigenvalue weighted by molar-refractivity contribution is -0.133. The van der Waals surface area contributed by atoms with Gasteiger partial charge in [0, 0.05) is 32.6 Å². The van der Waals surface area contributed by atoms with Crippen molar-refractivity contribution in [3.8, 4) is 6.07 Å². The van der Waals surface area contributed by atoms with Crippen LogP contribution in [0.25, 0.3) is 0 Å². The summed E-state index contributed by atoms with van der Waals surface area (Å²) < 4.78 is 0. The first-order valence-electron chi connectivity index (χ1n) is 8.47. The molecule has 1 aliphatic carbocycles. The van der Waals surface area contributed by atoms with Crippen molar-refractivity contribution < 1.29 is 4.79 Å². The number of nitriles is 1. The van der Waals surface area contributed by atoms with Gasteiger partial charge < -0.3 is 4.90 Å². The Labute approximate surface area is 129 Å². The highest BCUT2D eigenvalue weighted by atomic mass is 16.2. The Kier molecular flexibility index (Phi) is 5.64. The molecular formula is C17H29N3O. The van der Waals surface area contributed by atoms with Gasteiger partial charge in [-0.15, -0.1) is 0 Å². The molecule has 4 heteroatoms. The highest BCUT2D eigenvalue weighted by Crippen LogP contribution is 2.27. The lowest BCUT2D eigenvalue weighted by atomic mass is 9.86. The van der Waals surface area contributed by atoms with Crippen LogP contribution in [-0.4, -0.2) is 47.4 Å². The maximum absolute atomic E-state index is 12.3. The number of amides is 1. The van der Waals surface area contributed by atoms with Crippen molar-refractivity contribution in [2.24, 2.45) is 5.92 Å². The maximum Gasteiger partial charge on any atom is 0.222 e. The molecule has 2 aliphatic rings. The Morgan fingerprint density at radius 3 is 2.33 bits per heavy atom. The van der Waals surface area contributed by atoms with Gasteiger partial charge in [-0.1, -0.05) is 32.1 Å². The molecule has 1 saturated heterocycles. The summed E-state index contributed by atoms with van der Waals surface area (Å²) in [6.45, 7) is 7.08. The van der Waals surface area contributed by atoms with Crippen molar-refractivity contribution in [3.63, 3.8) is 0 Å². The van der Waals surface area contributed by atoms with Crippen molar-refractivity contribution in [2.45, 2.75) is 64.3 Å². The van der Waals surface area contributed by atoms with Crippen LogP contribution in [-0.2, 0) is 4.79 Å². The summed E-state index contributed by atoms with van der Waals surface area (Å²) in [6, 6.07) is 2.35. The van der Waals surface area contributed by atoms with Gasteiger partial charge in [-0.25, -0.2) is 0 Å². The molecule has 1 heterocycles. The van der Waals surface area contributed by atoms with Gasteiger partial charge in [0.25, 0.3) is 0 Å². The van der Waals surface area contributed by atoms with Crippen LogP contribution in [0, 0.1) is 17.2 Å². The Morgan fingerprint density at radius 1 is 1.14 bits per heavy atom. The largest absolute Gasteiger partial charge is 0.340 e. The number of rotatable bonds is 4. The van der Waals surface area contributed by atoms with Gasteiger partial charge >= 0.3 is 0 Å². The van der Waals surface area contributed by atoms with Crippen LogP contribution in [0.1, 0.15) is 58.8 Å². The minimum atomic E-state index is -0.419. The fourth-order valence-electron chi connectivity index (χ4n) is 3.55. The average molecular weight is 291 g/mol.